The van der Waals surface area contributed by atoms with E-state index in [9.17, 15) is 4.39 Å². The largest absolute Gasteiger partial charge is 0.381 e. The molecule has 0 fully saturated rings. The van der Waals surface area contributed by atoms with Crippen LogP contribution in [-0.4, -0.2) is 22.9 Å². The minimum Gasteiger partial charge on any atom is -0.381 e. The number of anilines is 2. The van der Waals surface area contributed by atoms with Crippen LogP contribution in [0.3, 0.4) is 0 Å². The molecule has 0 radical (unpaired) electrons. The number of aryl methyl sites for hydroxylation is 2. The van der Waals surface area contributed by atoms with E-state index < -0.39 is 0 Å². The highest BCUT2D eigenvalue weighted by molar-refractivity contribution is 5.56. The van der Waals surface area contributed by atoms with Gasteiger partial charge < -0.3 is 10.2 Å². The fourth-order valence-electron chi connectivity index (χ4n) is 2.20. The van der Waals surface area contributed by atoms with Gasteiger partial charge in [0, 0.05) is 44.1 Å². The number of nitrogens with one attached hydrogen (secondary N) is 1. The van der Waals surface area contributed by atoms with Crippen LogP contribution in [0.2, 0.25) is 0 Å². The molecule has 1 aromatic carbocycles. The molecule has 0 bridgehead atoms. The van der Waals surface area contributed by atoms with Crippen LogP contribution >= 0.6 is 0 Å². The van der Waals surface area contributed by atoms with Crippen LogP contribution in [0.5, 0.6) is 0 Å². The Morgan fingerprint density at radius 1 is 1.38 bits per heavy atom. The summed E-state index contributed by atoms with van der Waals surface area (Å²) in [5, 5.41) is 7.53. The molecular weight excluding hydrogens is 267 g/mol. The first-order valence-electron chi connectivity index (χ1n) is 7.14. The van der Waals surface area contributed by atoms with Gasteiger partial charge in [0.25, 0.3) is 0 Å². The molecule has 5 heteroatoms. The summed E-state index contributed by atoms with van der Waals surface area (Å²) < 4.78 is 16.0. The molecule has 0 saturated carbocycles. The highest BCUT2D eigenvalue weighted by Crippen LogP contribution is 2.23. The second-order valence-corrected chi connectivity index (χ2v) is 5.64. The molecule has 4 nitrogen and oxygen atoms in total. The van der Waals surface area contributed by atoms with E-state index in [0.29, 0.717) is 12.2 Å². The van der Waals surface area contributed by atoms with Crippen molar-refractivity contribution in [2.75, 3.05) is 17.3 Å². The average Bonchev–Trinajstić information content (AvgIpc) is 2.74. The number of hydrogen-bond acceptors (Lipinski definition) is 3. The van der Waals surface area contributed by atoms with E-state index in [-0.39, 0.29) is 11.9 Å². The highest BCUT2D eigenvalue weighted by atomic mass is 19.1. The highest BCUT2D eigenvalue weighted by Gasteiger charge is 2.11. The van der Waals surface area contributed by atoms with Gasteiger partial charge in [0.2, 0.25) is 0 Å². The Labute approximate surface area is 125 Å². The Balaban J connectivity index is 2.08. The van der Waals surface area contributed by atoms with E-state index in [2.05, 4.69) is 10.4 Å². The summed E-state index contributed by atoms with van der Waals surface area (Å²) in [6, 6.07) is 5.52. The second kappa shape index (κ2) is 6.16. The van der Waals surface area contributed by atoms with Gasteiger partial charge in [-0.1, -0.05) is 0 Å². The van der Waals surface area contributed by atoms with E-state index in [1.807, 2.05) is 58.1 Å². The summed E-state index contributed by atoms with van der Waals surface area (Å²) in [4.78, 5) is 1.92. The lowest BCUT2D eigenvalue weighted by atomic mass is 10.2. The smallest absolute Gasteiger partial charge is 0.148 e. The molecule has 0 aliphatic carbocycles. The van der Waals surface area contributed by atoms with Crippen molar-refractivity contribution in [3.8, 4) is 0 Å². The first-order valence-corrected chi connectivity index (χ1v) is 7.14. The molecule has 0 atom stereocenters. The predicted molar refractivity (Wildman–Crippen MR) is 85.2 cm³/mol. The molecule has 1 heterocycles. The van der Waals surface area contributed by atoms with Crippen LogP contribution in [0.15, 0.2) is 24.4 Å². The molecular formula is C16H23FN4. The van der Waals surface area contributed by atoms with Gasteiger partial charge in [0.15, 0.2) is 0 Å². The minimum atomic E-state index is -0.209. The number of benzene rings is 1. The maximum atomic E-state index is 14.2. The van der Waals surface area contributed by atoms with Gasteiger partial charge >= 0.3 is 0 Å². The van der Waals surface area contributed by atoms with Crippen molar-refractivity contribution in [2.45, 2.75) is 33.4 Å². The van der Waals surface area contributed by atoms with Gasteiger partial charge in [-0.2, -0.15) is 5.10 Å². The fourth-order valence-corrected chi connectivity index (χ4v) is 2.20. The van der Waals surface area contributed by atoms with Crippen LogP contribution in [-0.2, 0) is 13.6 Å². The van der Waals surface area contributed by atoms with Crippen LogP contribution in [0, 0.1) is 12.7 Å². The molecule has 0 amide bonds. The second-order valence-electron chi connectivity index (χ2n) is 5.64. The SMILES string of the molecule is Cc1nn(C)cc1CNc1ccc(N(C)C(C)C)c(F)c1. The van der Waals surface area contributed by atoms with Crippen LogP contribution in [0.25, 0.3) is 0 Å². The van der Waals surface area contributed by atoms with Crippen LogP contribution in [0.4, 0.5) is 15.8 Å². The molecule has 114 valence electrons. The van der Waals surface area contributed by atoms with Gasteiger partial charge in [0.1, 0.15) is 5.82 Å². The molecule has 0 saturated heterocycles. The molecule has 1 N–H and O–H groups in total. The van der Waals surface area contributed by atoms with Gasteiger partial charge in [-0.15, -0.1) is 0 Å². The molecule has 0 aliphatic rings. The third kappa shape index (κ3) is 3.54. The van der Waals surface area contributed by atoms with Gasteiger partial charge in [-0.05, 0) is 39.0 Å². The Hall–Kier alpha value is -2.04. The van der Waals surface area contributed by atoms with Crippen molar-refractivity contribution in [1.82, 2.24) is 9.78 Å². The molecule has 21 heavy (non-hydrogen) atoms. The van der Waals surface area contributed by atoms with Crippen molar-refractivity contribution in [3.63, 3.8) is 0 Å². The van der Waals surface area contributed by atoms with Crippen molar-refractivity contribution >= 4 is 11.4 Å². The topological polar surface area (TPSA) is 33.1 Å². The lowest BCUT2D eigenvalue weighted by molar-refractivity contribution is 0.614. The Bertz CT molecular complexity index is 619. The molecule has 0 aliphatic heterocycles. The summed E-state index contributed by atoms with van der Waals surface area (Å²) >= 11 is 0. The normalized spacial score (nSPS) is 11.0. The van der Waals surface area contributed by atoms with E-state index in [4.69, 9.17) is 0 Å². The minimum absolute atomic E-state index is 0.209. The molecule has 0 unspecified atom stereocenters. The van der Waals surface area contributed by atoms with Crippen molar-refractivity contribution in [2.24, 2.45) is 7.05 Å². The molecule has 2 aromatic rings. The first-order chi connectivity index (χ1) is 9.88. The Kier molecular flexibility index (Phi) is 4.50. The number of aromatic nitrogens is 2. The molecule has 0 spiro atoms. The molecule has 1 aromatic heterocycles. The quantitative estimate of drug-likeness (QED) is 0.917. The summed E-state index contributed by atoms with van der Waals surface area (Å²) in [6.07, 6.45) is 1.97. The van der Waals surface area contributed by atoms with Crippen LogP contribution in [0.1, 0.15) is 25.1 Å². The molecule has 2 rings (SSSR count). The van der Waals surface area contributed by atoms with E-state index in [1.165, 1.54) is 0 Å². The van der Waals surface area contributed by atoms with E-state index in [0.717, 1.165) is 16.9 Å². The van der Waals surface area contributed by atoms with Gasteiger partial charge in [-0.3, -0.25) is 4.68 Å². The van der Waals surface area contributed by atoms with Gasteiger partial charge in [-0.25, -0.2) is 4.39 Å². The Morgan fingerprint density at radius 2 is 2.10 bits per heavy atom. The number of halogens is 1. The zero-order valence-corrected chi connectivity index (χ0v) is 13.3. The zero-order valence-electron chi connectivity index (χ0n) is 13.3. The number of rotatable bonds is 5. The van der Waals surface area contributed by atoms with Gasteiger partial charge in [0.05, 0.1) is 11.4 Å². The van der Waals surface area contributed by atoms with Crippen molar-refractivity contribution in [3.05, 3.63) is 41.5 Å². The third-order valence-corrected chi connectivity index (χ3v) is 3.70. The maximum absolute atomic E-state index is 14.2. The van der Waals surface area contributed by atoms with Crippen LogP contribution < -0.4 is 10.2 Å². The summed E-state index contributed by atoms with van der Waals surface area (Å²) in [5.74, 6) is -0.209. The monoisotopic (exact) mass is 290 g/mol. The number of nitrogens with zero attached hydrogens (tertiary/aromatic N) is 3. The first kappa shape index (κ1) is 15.4. The predicted octanol–water partition coefficient (Wildman–Crippen LogP) is 3.32. The Morgan fingerprint density at radius 3 is 2.62 bits per heavy atom. The summed E-state index contributed by atoms with van der Waals surface area (Å²) in [7, 11) is 3.79. The van der Waals surface area contributed by atoms with Crippen molar-refractivity contribution < 1.29 is 4.39 Å². The summed E-state index contributed by atoms with van der Waals surface area (Å²) in [5.41, 5.74) is 3.49. The summed E-state index contributed by atoms with van der Waals surface area (Å²) in [6.45, 7) is 6.68. The zero-order chi connectivity index (χ0) is 15.6. The van der Waals surface area contributed by atoms with E-state index in [1.54, 1.807) is 10.7 Å². The number of hydrogen-bond donors (Lipinski definition) is 1. The average molecular weight is 290 g/mol. The lowest BCUT2D eigenvalue weighted by Crippen LogP contribution is -2.26. The maximum Gasteiger partial charge on any atom is 0.148 e. The standard InChI is InChI=1S/C16H23FN4/c1-11(2)21(5)16-7-6-14(8-15(16)17)18-9-13-10-20(4)19-12(13)3/h6-8,10-11,18H,9H2,1-5H3. The fraction of sp³-hybridized carbons (Fsp3) is 0.438. The van der Waals surface area contributed by atoms with E-state index >= 15 is 0 Å². The third-order valence-electron chi connectivity index (χ3n) is 3.70. The lowest BCUT2D eigenvalue weighted by Gasteiger charge is -2.24. The van der Waals surface area contributed by atoms with Crippen molar-refractivity contribution in [1.29, 1.82) is 0 Å².